The standard InChI is InChI=1S/C17H18N2O5S2/c1-4-19-14-8-6-12(10-16(14)25-17(19)20)26(21,22)18-13-7-5-11(23-2)9-15(13)24-3/h5-10,18H,4H2,1-3H3. The minimum atomic E-state index is -3.84. The summed E-state index contributed by atoms with van der Waals surface area (Å²) < 4.78 is 40.6. The van der Waals surface area contributed by atoms with Gasteiger partial charge in [-0.05, 0) is 37.3 Å². The maximum atomic E-state index is 12.8. The number of thiazole rings is 1. The van der Waals surface area contributed by atoms with E-state index in [9.17, 15) is 13.2 Å². The number of aryl methyl sites for hydroxylation is 1. The van der Waals surface area contributed by atoms with Gasteiger partial charge in [0.2, 0.25) is 0 Å². The lowest BCUT2D eigenvalue weighted by Gasteiger charge is -2.13. The van der Waals surface area contributed by atoms with Crippen molar-refractivity contribution >= 4 is 37.3 Å². The van der Waals surface area contributed by atoms with E-state index in [0.29, 0.717) is 28.4 Å². The maximum absolute atomic E-state index is 12.8. The average molecular weight is 394 g/mol. The lowest BCUT2D eigenvalue weighted by atomic mass is 10.3. The Labute approximate surface area is 154 Å². The van der Waals surface area contributed by atoms with E-state index in [1.165, 1.54) is 26.4 Å². The second kappa shape index (κ2) is 7.00. The highest BCUT2D eigenvalue weighted by Gasteiger charge is 2.19. The molecule has 3 aromatic rings. The van der Waals surface area contributed by atoms with Crippen LogP contribution in [0.2, 0.25) is 0 Å². The van der Waals surface area contributed by atoms with Gasteiger partial charge >= 0.3 is 4.87 Å². The third-order valence-corrected chi connectivity index (χ3v) is 6.22. The summed E-state index contributed by atoms with van der Waals surface area (Å²) in [5, 5.41) is 0. The topological polar surface area (TPSA) is 86.6 Å². The zero-order valence-electron chi connectivity index (χ0n) is 14.5. The molecule has 0 spiro atoms. The summed E-state index contributed by atoms with van der Waals surface area (Å²) >= 11 is 1.03. The fraction of sp³-hybridized carbons (Fsp3) is 0.235. The van der Waals surface area contributed by atoms with E-state index < -0.39 is 10.0 Å². The summed E-state index contributed by atoms with van der Waals surface area (Å²) in [6.07, 6.45) is 0. The molecule has 1 N–H and O–H groups in total. The lowest BCUT2D eigenvalue weighted by Crippen LogP contribution is -2.14. The molecule has 0 unspecified atom stereocenters. The van der Waals surface area contributed by atoms with Crippen molar-refractivity contribution in [1.82, 2.24) is 4.57 Å². The van der Waals surface area contributed by atoms with Crippen LogP contribution in [0.4, 0.5) is 5.69 Å². The summed E-state index contributed by atoms with van der Waals surface area (Å²) in [6.45, 7) is 2.40. The molecule has 2 aromatic carbocycles. The van der Waals surface area contributed by atoms with E-state index in [0.717, 1.165) is 16.9 Å². The van der Waals surface area contributed by atoms with Crippen molar-refractivity contribution in [3.05, 3.63) is 46.1 Å². The van der Waals surface area contributed by atoms with Gasteiger partial charge in [0.25, 0.3) is 10.0 Å². The van der Waals surface area contributed by atoms with E-state index in [1.807, 2.05) is 6.92 Å². The van der Waals surface area contributed by atoms with E-state index in [-0.39, 0.29) is 9.77 Å². The third kappa shape index (κ3) is 3.27. The van der Waals surface area contributed by atoms with Crippen LogP contribution < -0.4 is 19.1 Å². The highest BCUT2D eigenvalue weighted by Crippen LogP contribution is 2.31. The molecule has 7 nitrogen and oxygen atoms in total. The molecule has 0 saturated carbocycles. The monoisotopic (exact) mass is 394 g/mol. The fourth-order valence-corrected chi connectivity index (χ4v) is 4.77. The molecular formula is C17H18N2O5S2. The number of nitrogens with zero attached hydrogens (tertiary/aromatic N) is 1. The summed E-state index contributed by atoms with van der Waals surface area (Å²) in [5.41, 5.74) is 1.02. The normalized spacial score (nSPS) is 11.5. The van der Waals surface area contributed by atoms with Crippen LogP contribution in [0.3, 0.4) is 0 Å². The number of anilines is 1. The second-order valence-electron chi connectivity index (χ2n) is 5.41. The number of methoxy groups -OCH3 is 2. The Balaban J connectivity index is 2.01. The SMILES string of the molecule is CCn1c(=O)sc2cc(S(=O)(=O)Nc3ccc(OC)cc3OC)ccc21. The first-order valence-corrected chi connectivity index (χ1v) is 10.1. The Kier molecular flexibility index (Phi) is 4.92. The number of ether oxygens (including phenoxy) is 2. The molecular weight excluding hydrogens is 376 g/mol. The Morgan fingerprint density at radius 2 is 1.88 bits per heavy atom. The quantitative estimate of drug-likeness (QED) is 0.695. The molecule has 9 heteroatoms. The van der Waals surface area contributed by atoms with Crippen molar-refractivity contribution in [3.8, 4) is 11.5 Å². The van der Waals surface area contributed by atoms with Crippen LogP contribution in [-0.4, -0.2) is 27.2 Å². The lowest BCUT2D eigenvalue weighted by molar-refractivity contribution is 0.395. The van der Waals surface area contributed by atoms with E-state index in [4.69, 9.17) is 9.47 Å². The van der Waals surface area contributed by atoms with Crippen LogP contribution in [-0.2, 0) is 16.6 Å². The number of fused-ring (bicyclic) bond motifs is 1. The summed E-state index contributed by atoms with van der Waals surface area (Å²) in [4.78, 5) is 11.9. The number of sulfonamides is 1. The Morgan fingerprint density at radius 1 is 1.12 bits per heavy atom. The molecule has 0 aliphatic heterocycles. The van der Waals surface area contributed by atoms with Gasteiger partial charge in [-0.3, -0.25) is 14.1 Å². The van der Waals surface area contributed by atoms with Gasteiger partial charge in [-0.25, -0.2) is 8.42 Å². The first kappa shape index (κ1) is 18.3. The fourth-order valence-electron chi connectivity index (χ4n) is 2.60. The molecule has 0 aliphatic carbocycles. The molecule has 138 valence electrons. The van der Waals surface area contributed by atoms with Gasteiger partial charge in [-0.15, -0.1) is 0 Å². The Morgan fingerprint density at radius 3 is 2.54 bits per heavy atom. The van der Waals surface area contributed by atoms with Gasteiger partial charge in [0.05, 0.1) is 35.0 Å². The predicted molar refractivity (Wildman–Crippen MR) is 102 cm³/mol. The van der Waals surface area contributed by atoms with Crippen LogP contribution >= 0.6 is 11.3 Å². The molecule has 1 aromatic heterocycles. The zero-order chi connectivity index (χ0) is 18.9. The number of benzene rings is 2. The van der Waals surface area contributed by atoms with Crippen molar-refractivity contribution in [2.75, 3.05) is 18.9 Å². The number of hydrogen-bond acceptors (Lipinski definition) is 6. The summed E-state index contributed by atoms with van der Waals surface area (Å²) in [5.74, 6) is 0.896. The second-order valence-corrected chi connectivity index (χ2v) is 8.09. The van der Waals surface area contributed by atoms with E-state index in [2.05, 4.69) is 4.72 Å². The van der Waals surface area contributed by atoms with Crippen molar-refractivity contribution < 1.29 is 17.9 Å². The average Bonchev–Trinajstić information content (AvgIpc) is 2.95. The van der Waals surface area contributed by atoms with Crippen molar-refractivity contribution in [3.63, 3.8) is 0 Å². The Hall–Kier alpha value is -2.52. The molecule has 0 amide bonds. The van der Waals surface area contributed by atoms with Gasteiger partial charge in [-0.2, -0.15) is 0 Å². The van der Waals surface area contributed by atoms with Crippen molar-refractivity contribution in [1.29, 1.82) is 0 Å². The maximum Gasteiger partial charge on any atom is 0.308 e. The van der Waals surface area contributed by atoms with Crippen LogP contribution in [0.25, 0.3) is 10.2 Å². The first-order chi connectivity index (χ1) is 12.4. The first-order valence-electron chi connectivity index (χ1n) is 7.78. The number of hydrogen-bond donors (Lipinski definition) is 1. The highest BCUT2D eigenvalue weighted by molar-refractivity contribution is 7.92. The minimum Gasteiger partial charge on any atom is -0.497 e. The number of rotatable bonds is 6. The van der Waals surface area contributed by atoms with Crippen LogP contribution in [0, 0.1) is 0 Å². The third-order valence-electron chi connectivity index (χ3n) is 3.92. The van der Waals surface area contributed by atoms with Crippen molar-refractivity contribution in [2.24, 2.45) is 0 Å². The number of aromatic nitrogens is 1. The van der Waals surface area contributed by atoms with E-state index >= 15 is 0 Å². The Bertz CT molecular complexity index is 1120. The van der Waals surface area contributed by atoms with Gasteiger partial charge < -0.3 is 9.47 Å². The zero-order valence-corrected chi connectivity index (χ0v) is 16.1. The van der Waals surface area contributed by atoms with Crippen LogP contribution in [0.5, 0.6) is 11.5 Å². The highest BCUT2D eigenvalue weighted by atomic mass is 32.2. The summed E-state index contributed by atoms with van der Waals surface area (Å²) in [6, 6.07) is 9.44. The molecule has 3 rings (SSSR count). The van der Waals surface area contributed by atoms with Crippen molar-refractivity contribution in [2.45, 2.75) is 18.4 Å². The predicted octanol–water partition coefficient (Wildman–Crippen LogP) is 2.90. The number of nitrogens with one attached hydrogen (secondary N) is 1. The largest absolute Gasteiger partial charge is 0.497 e. The molecule has 0 aliphatic rings. The van der Waals surface area contributed by atoms with E-state index in [1.54, 1.807) is 28.8 Å². The van der Waals surface area contributed by atoms with Gasteiger partial charge in [-0.1, -0.05) is 11.3 Å². The van der Waals surface area contributed by atoms with Gasteiger partial charge in [0.15, 0.2) is 0 Å². The van der Waals surface area contributed by atoms with Gasteiger partial charge in [0, 0.05) is 12.6 Å². The summed E-state index contributed by atoms with van der Waals surface area (Å²) in [7, 11) is -0.879. The van der Waals surface area contributed by atoms with Gasteiger partial charge in [0.1, 0.15) is 11.5 Å². The molecule has 0 atom stereocenters. The smallest absolute Gasteiger partial charge is 0.308 e. The molecule has 1 heterocycles. The molecule has 0 bridgehead atoms. The van der Waals surface area contributed by atoms with Crippen LogP contribution in [0.1, 0.15) is 6.92 Å². The van der Waals surface area contributed by atoms with Crippen LogP contribution in [0.15, 0.2) is 46.1 Å². The molecule has 0 saturated heterocycles. The minimum absolute atomic E-state index is 0.0763. The molecule has 0 radical (unpaired) electrons. The molecule has 0 fully saturated rings. The molecule has 26 heavy (non-hydrogen) atoms.